The molecule has 0 unspecified atom stereocenters. The molecule has 106 valence electrons. The Bertz CT molecular complexity index is 546. The highest BCUT2D eigenvalue weighted by atomic mass is 79.9. The molecule has 2 rings (SSSR count). The van der Waals surface area contributed by atoms with Gasteiger partial charge in [0.05, 0.1) is 5.88 Å². The van der Waals surface area contributed by atoms with Gasteiger partial charge in [-0.3, -0.25) is 0 Å². The van der Waals surface area contributed by atoms with Gasteiger partial charge in [0, 0.05) is 9.89 Å². The van der Waals surface area contributed by atoms with Crippen LogP contribution >= 0.6 is 27.5 Å². The summed E-state index contributed by atoms with van der Waals surface area (Å²) in [5.41, 5.74) is 2.51. The van der Waals surface area contributed by atoms with Crippen LogP contribution in [-0.2, 0) is 5.41 Å². The molecule has 0 atom stereocenters. The number of hydrogen-bond acceptors (Lipinski definition) is 1. The van der Waals surface area contributed by atoms with Gasteiger partial charge in [0.25, 0.3) is 0 Å². The Morgan fingerprint density at radius 3 is 1.95 bits per heavy atom. The molecule has 0 aliphatic rings. The van der Waals surface area contributed by atoms with Crippen LogP contribution < -0.4 is 4.74 Å². The molecule has 3 heteroatoms. The Hall–Kier alpha value is -0.990. The molecule has 0 N–H and O–H groups in total. The summed E-state index contributed by atoms with van der Waals surface area (Å²) in [6.45, 7) is 4.99. The molecule has 0 amide bonds. The van der Waals surface area contributed by atoms with Crippen LogP contribution in [0.4, 0.5) is 0 Å². The molecule has 0 bridgehead atoms. The first-order valence-electron chi connectivity index (χ1n) is 6.59. The first kappa shape index (κ1) is 15.4. The van der Waals surface area contributed by atoms with Crippen LogP contribution in [0.15, 0.2) is 53.0 Å². The summed E-state index contributed by atoms with van der Waals surface area (Å²) in [7, 11) is 0. The third kappa shape index (κ3) is 3.56. The third-order valence-electron chi connectivity index (χ3n) is 3.49. The van der Waals surface area contributed by atoms with E-state index in [-0.39, 0.29) is 5.41 Å². The maximum absolute atomic E-state index is 5.62. The summed E-state index contributed by atoms with van der Waals surface area (Å²) < 4.78 is 6.61. The quantitative estimate of drug-likeness (QED) is 0.655. The molecule has 0 radical (unpaired) electrons. The highest BCUT2D eigenvalue weighted by molar-refractivity contribution is 9.10. The van der Waals surface area contributed by atoms with Gasteiger partial charge in [-0.15, -0.1) is 11.6 Å². The Morgan fingerprint density at radius 1 is 0.950 bits per heavy atom. The van der Waals surface area contributed by atoms with Gasteiger partial charge in [-0.05, 0) is 35.4 Å². The number of rotatable bonds is 5. The monoisotopic (exact) mass is 352 g/mol. The Balaban J connectivity index is 2.22. The number of alkyl halides is 1. The number of benzene rings is 2. The van der Waals surface area contributed by atoms with Crippen molar-refractivity contribution in [2.24, 2.45) is 0 Å². The highest BCUT2D eigenvalue weighted by Gasteiger charge is 2.22. The fourth-order valence-electron chi connectivity index (χ4n) is 2.16. The topological polar surface area (TPSA) is 9.23 Å². The van der Waals surface area contributed by atoms with Crippen molar-refractivity contribution >= 4 is 27.5 Å². The summed E-state index contributed by atoms with van der Waals surface area (Å²) in [6.07, 6.45) is 0. The predicted octanol–water partition coefficient (Wildman–Crippen LogP) is 5.39. The lowest BCUT2D eigenvalue weighted by Gasteiger charge is -2.26. The fourth-order valence-corrected chi connectivity index (χ4v) is 2.50. The van der Waals surface area contributed by atoms with E-state index >= 15 is 0 Å². The number of ether oxygens (including phenoxy) is 1. The zero-order chi connectivity index (χ0) is 14.6. The molecule has 2 aromatic rings. The van der Waals surface area contributed by atoms with E-state index in [2.05, 4.69) is 66.2 Å². The normalized spacial score (nSPS) is 11.4. The summed E-state index contributed by atoms with van der Waals surface area (Å²) in [5.74, 6) is 1.37. The molecule has 0 heterocycles. The van der Waals surface area contributed by atoms with E-state index in [1.54, 1.807) is 0 Å². The molecule has 0 spiro atoms. The van der Waals surface area contributed by atoms with Gasteiger partial charge in [-0.2, -0.15) is 0 Å². The first-order chi connectivity index (χ1) is 9.54. The van der Waals surface area contributed by atoms with Gasteiger partial charge in [0.15, 0.2) is 0 Å². The zero-order valence-electron chi connectivity index (χ0n) is 11.7. The smallest absolute Gasteiger partial charge is 0.119 e. The number of hydrogen-bond donors (Lipinski definition) is 0. The van der Waals surface area contributed by atoms with Crippen molar-refractivity contribution in [1.29, 1.82) is 0 Å². The molecule has 0 saturated heterocycles. The van der Waals surface area contributed by atoms with E-state index < -0.39 is 0 Å². The summed E-state index contributed by atoms with van der Waals surface area (Å²) in [5, 5.41) is 0. The number of halogens is 2. The van der Waals surface area contributed by atoms with Crippen molar-refractivity contribution in [1.82, 2.24) is 0 Å². The average molecular weight is 354 g/mol. The zero-order valence-corrected chi connectivity index (χ0v) is 14.0. The summed E-state index contributed by atoms with van der Waals surface area (Å²) in [4.78, 5) is 0. The molecule has 0 saturated carbocycles. The Labute approximate surface area is 134 Å². The van der Waals surface area contributed by atoms with Gasteiger partial charge in [-0.25, -0.2) is 0 Å². The molecule has 0 aliphatic carbocycles. The molecular weight excluding hydrogens is 336 g/mol. The lowest BCUT2D eigenvalue weighted by molar-refractivity contribution is 0.342. The predicted molar refractivity (Wildman–Crippen MR) is 88.9 cm³/mol. The van der Waals surface area contributed by atoms with E-state index in [1.165, 1.54) is 11.1 Å². The first-order valence-corrected chi connectivity index (χ1v) is 7.92. The van der Waals surface area contributed by atoms with Crippen LogP contribution in [0.3, 0.4) is 0 Å². The van der Waals surface area contributed by atoms with Crippen molar-refractivity contribution in [2.75, 3.05) is 12.5 Å². The van der Waals surface area contributed by atoms with E-state index in [0.717, 1.165) is 10.2 Å². The van der Waals surface area contributed by atoms with Gasteiger partial charge < -0.3 is 4.74 Å². The summed E-state index contributed by atoms with van der Waals surface area (Å²) in [6, 6.07) is 16.7. The summed E-state index contributed by atoms with van der Waals surface area (Å²) >= 11 is 9.09. The van der Waals surface area contributed by atoms with Crippen molar-refractivity contribution < 1.29 is 4.74 Å². The lowest BCUT2D eigenvalue weighted by Crippen LogP contribution is -2.18. The minimum atomic E-state index is -0.0360. The van der Waals surface area contributed by atoms with Crippen molar-refractivity contribution in [2.45, 2.75) is 19.3 Å². The second kappa shape index (κ2) is 6.64. The van der Waals surface area contributed by atoms with Gasteiger partial charge in [0.2, 0.25) is 0 Å². The molecule has 0 aromatic heterocycles. The highest BCUT2D eigenvalue weighted by Crippen LogP contribution is 2.33. The average Bonchev–Trinajstić information content (AvgIpc) is 2.46. The fraction of sp³-hybridized carbons (Fsp3) is 0.294. The minimum Gasteiger partial charge on any atom is -0.492 e. The maximum Gasteiger partial charge on any atom is 0.119 e. The van der Waals surface area contributed by atoms with E-state index in [1.807, 2.05) is 12.1 Å². The van der Waals surface area contributed by atoms with Crippen LogP contribution in [0, 0.1) is 0 Å². The van der Waals surface area contributed by atoms with Crippen LogP contribution in [0.25, 0.3) is 0 Å². The SMILES string of the molecule is CC(C)(c1ccc(Br)cc1)c1ccc(OCCCl)cc1. The van der Waals surface area contributed by atoms with Gasteiger partial charge in [0.1, 0.15) is 12.4 Å². The molecule has 20 heavy (non-hydrogen) atoms. The molecule has 2 aromatic carbocycles. The molecule has 0 fully saturated rings. The van der Waals surface area contributed by atoms with E-state index in [4.69, 9.17) is 16.3 Å². The second-order valence-electron chi connectivity index (χ2n) is 5.19. The lowest BCUT2D eigenvalue weighted by atomic mass is 9.78. The third-order valence-corrected chi connectivity index (χ3v) is 4.17. The van der Waals surface area contributed by atoms with E-state index in [9.17, 15) is 0 Å². The van der Waals surface area contributed by atoms with Crippen LogP contribution in [0.1, 0.15) is 25.0 Å². The molecular formula is C17H18BrClO. The van der Waals surface area contributed by atoms with Gasteiger partial charge >= 0.3 is 0 Å². The van der Waals surface area contributed by atoms with Crippen molar-refractivity contribution in [3.05, 3.63) is 64.1 Å². The van der Waals surface area contributed by atoms with E-state index in [0.29, 0.717) is 12.5 Å². The van der Waals surface area contributed by atoms with Crippen LogP contribution in [0.5, 0.6) is 5.75 Å². The minimum absolute atomic E-state index is 0.0360. The Kier molecular flexibility index (Phi) is 5.11. The largest absolute Gasteiger partial charge is 0.492 e. The second-order valence-corrected chi connectivity index (χ2v) is 6.49. The standard InChI is InChI=1S/C17H18BrClO/c1-17(2,13-3-7-15(18)8-4-13)14-5-9-16(10-6-14)20-12-11-19/h3-10H,11-12H2,1-2H3. The van der Waals surface area contributed by atoms with Gasteiger partial charge in [-0.1, -0.05) is 54.0 Å². The van der Waals surface area contributed by atoms with Crippen LogP contribution in [0.2, 0.25) is 0 Å². The molecule has 0 aliphatic heterocycles. The van der Waals surface area contributed by atoms with Crippen molar-refractivity contribution in [3.8, 4) is 5.75 Å². The Morgan fingerprint density at radius 2 is 1.45 bits per heavy atom. The molecule has 1 nitrogen and oxygen atoms in total. The van der Waals surface area contributed by atoms with Crippen molar-refractivity contribution in [3.63, 3.8) is 0 Å². The van der Waals surface area contributed by atoms with Crippen LogP contribution in [-0.4, -0.2) is 12.5 Å². The maximum atomic E-state index is 5.62.